The summed E-state index contributed by atoms with van der Waals surface area (Å²) < 4.78 is 2.04. The second kappa shape index (κ2) is 5.16. The molecule has 1 aromatic rings. The van der Waals surface area contributed by atoms with Crippen LogP contribution >= 0.6 is 0 Å². The Morgan fingerprint density at radius 3 is 2.88 bits per heavy atom. The van der Waals surface area contributed by atoms with Crippen LogP contribution in [-0.2, 0) is 13.6 Å². The molecule has 17 heavy (non-hydrogen) atoms. The summed E-state index contributed by atoms with van der Waals surface area (Å²) in [5, 5.41) is 9.80. The lowest BCUT2D eigenvalue weighted by Crippen LogP contribution is -2.37. The second-order valence-corrected chi connectivity index (χ2v) is 5.23. The molecule has 2 rings (SSSR count). The molecule has 0 saturated carbocycles. The number of likely N-dealkylation sites (N-methyl/N-ethyl adjacent to an activating group) is 1. The number of imidazole rings is 1. The Hall–Kier alpha value is -0.910. The third-order valence-corrected chi connectivity index (χ3v) is 3.36. The molecule has 1 saturated heterocycles. The Kier molecular flexibility index (Phi) is 3.81. The van der Waals surface area contributed by atoms with Gasteiger partial charge in [-0.1, -0.05) is 0 Å². The van der Waals surface area contributed by atoms with E-state index in [2.05, 4.69) is 28.9 Å². The number of β-amino-alcohol motifs (C(OH)–C–C–N with tert-alkyl or cyclic N) is 1. The summed E-state index contributed by atoms with van der Waals surface area (Å²) in [4.78, 5) is 8.66. The zero-order chi connectivity index (χ0) is 12.4. The Labute approximate surface area is 103 Å². The predicted octanol–water partition coefficient (Wildman–Crippen LogP) is -0.0831. The standard InChI is InChI=1S/C12H22N4O/c1-14(2)6-10-4-12(17)8-16(10)7-11-5-13-9-15(11)3/h5,9-10,12,17H,4,6-8H2,1-3H3. The molecule has 1 fully saturated rings. The Morgan fingerprint density at radius 2 is 2.29 bits per heavy atom. The summed E-state index contributed by atoms with van der Waals surface area (Å²) in [5.41, 5.74) is 1.20. The van der Waals surface area contributed by atoms with Crippen molar-refractivity contribution in [3.63, 3.8) is 0 Å². The Morgan fingerprint density at radius 1 is 1.53 bits per heavy atom. The monoisotopic (exact) mass is 238 g/mol. The van der Waals surface area contributed by atoms with Gasteiger partial charge in [0.15, 0.2) is 0 Å². The number of hydrogen-bond acceptors (Lipinski definition) is 4. The van der Waals surface area contributed by atoms with E-state index in [-0.39, 0.29) is 6.10 Å². The van der Waals surface area contributed by atoms with Crippen LogP contribution in [0.1, 0.15) is 12.1 Å². The molecular weight excluding hydrogens is 216 g/mol. The number of aromatic nitrogens is 2. The van der Waals surface area contributed by atoms with Crippen molar-refractivity contribution in [2.75, 3.05) is 27.2 Å². The molecule has 1 N–H and O–H groups in total. The minimum atomic E-state index is -0.187. The third-order valence-electron chi connectivity index (χ3n) is 3.36. The number of nitrogens with zero attached hydrogens (tertiary/aromatic N) is 4. The lowest BCUT2D eigenvalue weighted by molar-refractivity contribution is 0.168. The fourth-order valence-corrected chi connectivity index (χ4v) is 2.51. The first kappa shape index (κ1) is 12.5. The maximum absolute atomic E-state index is 9.80. The van der Waals surface area contributed by atoms with Gasteiger partial charge in [-0.05, 0) is 20.5 Å². The van der Waals surface area contributed by atoms with Crippen molar-refractivity contribution in [2.24, 2.45) is 7.05 Å². The molecule has 0 aromatic carbocycles. The average Bonchev–Trinajstić information content (AvgIpc) is 2.75. The molecule has 1 aromatic heterocycles. The van der Waals surface area contributed by atoms with Gasteiger partial charge in [0.1, 0.15) is 0 Å². The first-order chi connectivity index (χ1) is 8.06. The summed E-state index contributed by atoms with van der Waals surface area (Å²) in [7, 11) is 6.16. The van der Waals surface area contributed by atoms with Crippen LogP contribution in [0.25, 0.3) is 0 Å². The summed E-state index contributed by atoms with van der Waals surface area (Å²) >= 11 is 0. The molecule has 0 radical (unpaired) electrons. The van der Waals surface area contributed by atoms with Gasteiger partial charge in [0.25, 0.3) is 0 Å². The lowest BCUT2D eigenvalue weighted by Gasteiger charge is -2.26. The highest BCUT2D eigenvalue weighted by Crippen LogP contribution is 2.20. The molecule has 2 heterocycles. The van der Waals surface area contributed by atoms with Crippen molar-refractivity contribution < 1.29 is 5.11 Å². The molecule has 0 bridgehead atoms. The van der Waals surface area contributed by atoms with Gasteiger partial charge in [-0.2, -0.15) is 0 Å². The first-order valence-electron chi connectivity index (χ1n) is 6.08. The topological polar surface area (TPSA) is 44.5 Å². The Bertz CT molecular complexity index is 363. The maximum atomic E-state index is 9.80. The van der Waals surface area contributed by atoms with E-state index < -0.39 is 0 Å². The van der Waals surface area contributed by atoms with Crippen LogP contribution in [0.15, 0.2) is 12.5 Å². The molecule has 5 nitrogen and oxygen atoms in total. The molecule has 2 atom stereocenters. The van der Waals surface area contributed by atoms with Crippen molar-refractivity contribution in [3.05, 3.63) is 18.2 Å². The number of aliphatic hydroxyl groups excluding tert-OH is 1. The van der Waals surface area contributed by atoms with Crippen LogP contribution in [-0.4, -0.2) is 63.8 Å². The molecule has 96 valence electrons. The number of aliphatic hydroxyl groups is 1. The van der Waals surface area contributed by atoms with E-state index in [0.29, 0.717) is 6.04 Å². The number of likely N-dealkylation sites (tertiary alicyclic amines) is 1. The van der Waals surface area contributed by atoms with Crippen molar-refractivity contribution in [1.29, 1.82) is 0 Å². The highest BCUT2D eigenvalue weighted by atomic mass is 16.3. The van der Waals surface area contributed by atoms with Gasteiger partial charge < -0.3 is 14.6 Å². The summed E-state index contributed by atoms with van der Waals surface area (Å²) in [6.45, 7) is 2.63. The summed E-state index contributed by atoms with van der Waals surface area (Å²) in [6, 6.07) is 0.440. The van der Waals surface area contributed by atoms with Crippen molar-refractivity contribution in [3.8, 4) is 0 Å². The van der Waals surface area contributed by atoms with E-state index >= 15 is 0 Å². The number of rotatable bonds is 4. The molecule has 0 amide bonds. The highest BCUT2D eigenvalue weighted by Gasteiger charge is 2.31. The van der Waals surface area contributed by atoms with E-state index in [1.807, 2.05) is 24.1 Å². The zero-order valence-electron chi connectivity index (χ0n) is 10.9. The lowest BCUT2D eigenvalue weighted by atomic mass is 10.2. The summed E-state index contributed by atoms with van der Waals surface area (Å²) in [5.74, 6) is 0. The van der Waals surface area contributed by atoms with Crippen LogP contribution in [0.2, 0.25) is 0 Å². The highest BCUT2D eigenvalue weighted by molar-refractivity contribution is 5.00. The van der Waals surface area contributed by atoms with E-state index in [1.165, 1.54) is 5.69 Å². The van der Waals surface area contributed by atoms with Crippen molar-refractivity contribution >= 4 is 0 Å². The largest absolute Gasteiger partial charge is 0.392 e. The molecule has 5 heteroatoms. The molecule has 0 aliphatic carbocycles. The van der Waals surface area contributed by atoms with Crippen LogP contribution in [0.3, 0.4) is 0 Å². The molecule has 1 aliphatic heterocycles. The van der Waals surface area contributed by atoms with E-state index in [4.69, 9.17) is 0 Å². The van der Waals surface area contributed by atoms with Crippen LogP contribution < -0.4 is 0 Å². The van der Waals surface area contributed by atoms with Gasteiger partial charge in [0.05, 0.1) is 18.1 Å². The minimum Gasteiger partial charge on any atom is -0.392 e. The van der Waals surface area contributed by atoms with Gasteiger partial charge in [-0.15, -0.1) is 0 Å². The van der Waals surface area contributed by atoms with E-state index in [1.54, 1.807) is 0 Å². The van der Waals surface area contributed by atoms with Crippen molar-refractivity contribution in [2.45, 2.75) is 25.1 Å². The first-order valence-corrected chi connectivity index (χ1v) is 6.08. The van der Waals surface area contributed by atoms with Crippen LogP contribution in [0.4, 0.5) is 0 Å². The molecule has 2 unspecified atom stereocenters. The van der Waals surface area contributed by atoms with E-state index in [9.17, 15) is 5.11 Å². The number of hydrogen-bond donors (Lipinski definition) is 1. The number of aryl methyl sites for hydroxylation is 1. The minimum absolute atomic E-state index is 0.187. The fraction of sp³-hybridized carbons (Fsp3) is 0.750. The van der Waals surface area contributed by atoms with Gasteiger partial charge in [0, 0.05) is 38.9 Å². The zero-order valence-corrected chi connectivity index (χ0v) is 10.9. The van der Waals surface area contributed by atoms with Crippen molar-refractivity contribution in [1.82, 2.24) is 19.4 Å². The van der Waals surface area contributed by atoms with Gasteiger partial charge in [0.2, 0.25) is 0 Å². The van der Waals surface area contributed by atoms with E-state index in [0.717, 1.165) is 26.1 Å². The predicted molar refractivity (Wildman–Crippen MR) is 66.6 cm³/mol. The second-order valence-electron chi connectivity index (χ2n) is 5.23. The van der Waals surface area contributed by atoms with Gasteiger partial charge in [-0.3, -0.25) is 4.90 Å². The van der Waals surface area contributed by atoms with Crippen LogP contribution in [0.5, 0.6) is 0 Å². The average molecular weight is 238 g/mol. The fourth-order valence-electron chi connectivity index (χ4n) is 2.51. The van der Waals surface area contributed by atoms with Gasteiger partial charge in [-0.25, -0.2) is 4.98 Å². The molecular formula is C12H22N4O. The summed E-state index contributed by atoms with van der Waals surface area (Å²) in [6.07, 6.45) is 4.41. The normalized spacial score (nSPS) is 25.9. The van der Waals surface area contributed by atoms with Crippen LogP contribution in [0, 0.1) is 0 Å². The Balaban J connectivity index is 2.01. The SMILES string of the molecule is CN(C)CC1CC(O)CN1Cc1cncn1C. The van der Waals surface area contributed by atoms with Gasteiger partial charge >= 0.3 is 0 Å². The molecule has 0 spiro atoms. The smallest absolute Gasteiger partial charge is 0.0945 e. The third kappa shape index (κ3) is 3.06. The maximum Gasteiger partial charge on any atom is 0.0945 e. The molecule has 1 aliphatic rings. The quantitative estimate of drug-likeness (QED) is 0.797.